The van der Waals surface area contributed by atoms with Crippen LogP contribution in [-0.2, 0) is 5.41 Å². The molecule has 2 heterocycles. The van der Waals surface area contributed by atoms with E-state index >= 15 is 0 Å². The van der Waals surface area contributed by atoms with Gasteiger partial charge in [0, 0.05) is 21.8 Å². The van der Waals surface area contributed by atoms with Crippen molar-refractivity contribution in [1.29, 1.82) is 0 Å². The molecule has 1 aliphatic heterocycles. The second kappa shape index (κ2) is 13.5. The summed E-state index contributed by atoms with van der Waals surface area (Å²) in [5.74, 6) is 3.23. The summed E-state index contributed by atoms with van der Waals surface area (Å²) in [6.45, 7) is 0. The van der Waals surface area contributed by atoms with Gasteiger partial charge in [0.2, 0.25) is 0 Å². The number of furan rings is 1. The Morgan fingerprint density at radius 2 is 0.951 bits per heavy atom. The third-order valence-electron chi connectivity index (χ3n) is 15.6. The van der Waals surface area contributed by atoms with Crippen LogP contribution in [0.3, 0.4) is 0 Å². The maximum absolute atomic E-state index is 7.12. The normalized spacial score (nSPS) is 20.9. The molecule has 8 aromatic carbocycles. The van der Waals surface area contributed by atoms with Crippen molar-refractivity contribution in [2.75, 3.05) is 4.90 Å². The molecule has 5 aliphatic rings. The molecule has 4 saturated carbocycles. The average molecular weight is 802 g/mol. The minimum atomic E-state index is -2.83. The van der Waals surface area contributed by atoms with Gasteiger partial charge in [-0.1, -0.05) is 170 Å². The first-order chi connectivity index (χ1) is 30.2. The third-order valence-corrected chi connectivity index (χ3v) is 20.4. The molecule has 2 nitrogen and oxygen atoms in total. The van der Waals surface area contributed by atoms with Crippen molar-refractivity contribution >= 4 is 67.8 Å². The topological polar surface area (TPSA) is 16.4 Å². The van der Waals surface area contributed by atoms with Gasteiger partial charge in [0.25, 0.3) is 0 Å². The summed E-state index contributed by atoms with van der Waals surface area (Å²) in [5.41, 5.74) is 11.4. The zero-order chi connectivity index (χ0) is 40.1. The fourth-order valence-electron chi connectivity index (χ4n) is 13.6. The zero-order valence-corrected chi connectivity index (χ0v) is 35.3. The highest BCUT2D eigenvalue weighted by Gasteiger charge is 2.61. The van der Waals surface area contributed by atoms with Crippen LogP contribution in [0.5, 0.6) is 0 Å². The molecule has 4 fully saturated rings. The van der Waals surface area contributed by atoms with Gasteiger partial charge in [-0.15, -0.1) is 0 Å². The van der Waals surface area contributed by atoms with E-state index in [2.05, 4.69) is 205 Å². The van der Waals surface area contributed by atoms with E-state index in [1.165, 1.54) is 81.0 Å². The van der Waals surface area contributed by atoms with E-state index in [0.29, 0.717) is 11.8 Å². The molecule has 1 aromatic heterocycles. The number of hydrogen-bond donors (Lipinski definition) is 0. The van der Waals surface area contributed by atoms with Gasteiger partial charge in [-0.2, -0.15) is 0 Å². The lowest BCUT2D eigenvalue weighted by Gasteiger charge is -2.64. The van der Waals surface area contributed by atoms with E-state index in [1.54, 1.807) is 11.1 Å². The Kier molecular flexibility index (Phi) is 7.85. The molecule has 0 N–H and O–H groups in total. The summed E-state index contributed by atoms with van der Waals surface area (Å²) < 4.78 is 7.12. The lowest BCUT2D eigenvalue weighted by molar-refractivity contribution is -0.0419. The molecule has 0 unspecified atom stereocenters. The standard InChI is InChI=1S/C58H47NOSi/c1-4-17-44(18-5-1)61(45-19-6-2-7-20-45,46-21-8-3-9-22-46)56-30-16-24-48-49-38-41(31-32-55(49)60-57(48)56)47-23-10-13-27-52(47)59-53-28-14-11-25-50(53)58(51-26-12-15-29-54(51)59)42-34-39-33-40(36-42)37-43(58)35-39/h1-32,38-40,42-43H,33-37H2/t39-,40?,42-,43?/m0/s1. The van der Waals surface area contributed by atoms with Gasteiger partial charge in [0.1, 0.15) is 11.2 Å². The summed E-state index contributed by atoms with van der Waals surface area (Å²) in [7, 11) is -2.83. The Morgan fingerprint density at radius 1 is 0.443 bits per heavy atom. The number of fused-ring (bicyclic) bond motifs is 5. The predicted octanol–water partition coefficient (Wildman–Crippen LogP) is 12.2. The van der Waals surface area contributed by atoms with Crippen LogP contribution in [0.2, 0.25) is 0 Å². The number of rotatable bonds is 6. The fourth-order valence-corrected chi connectivity index (χ4v) is 18.5. The molecule has 9 aromatic rings. The highest BCUT2D eigenvalue weighted by atomic mass is 28.3. The Balaban J connectivity index is 1.00. The van der Waals surface area contributed by atoms with Crippen molar-refractivity contribution < 1.29 is 4.42 Å². The molecule has 0 atom stereocenters. The van der Waals surface area contributed by atoms with Gasteiger partial charge in [-0.3, -0.25) is 0 Å². The van der Waals surface area contributed by atoms with Crippen LogP contribution in [0.25, 0.3) is 33.1 Å². The molecule has 61 heavy (non-hydrogen) atoms. The molecule has 1 spiro atoms. The van der Waals surface area contributed by atoms with Crippen LogP contribution in [0.15, 0.2) is 205 Å². The van der Waals surface area contributed by atoms with E-state index in [-0.39, 0.29) is 5.41 Å². The first-order valence-electron chi connectivity index (χ1n) is 22.4. The lowest BCUT2D eigenvalue weighted by Crippen LogP contribution is -2.74. The molecule has 4 bridgehead atoms. The second-order valence-corrected chi connectivity index (χ2v) is 22.2. The summed E-state index contributed by atoms with van der Waals surface area (Å²) in [5, 5.41) is 7.59. The zero-order valence-electron chi connectivity index (χ0n) is 34.3. The summed E-state index contributed by atoms with van der Waals surface area (Å²) in [4.78, 5) is 2.60. The monoisotopic (exact) mass is 801 g/mol. The van der Waals surface area contributed by atoms with Gasteiger partial charge in [0.05, 0.1) is 17.1 Å². The van der Waals surface area contributed by atoms with Crippen LogP contribution >= 0.6 is 0 Å². The molecule has 294 valence electrons. The largest absolute Gasteiger partial charge is 0.456 e. The van der Waals surface area contributed by atoms with Gasteiger partial charge in [-0.05, 0) is 124 Å². The number of para-hydroxylation sites is 4. The van der Waals surface area contributed by atoms with E-state index in [1.807, 2.05) is 0 Å². The second-order valence-electron chi connectivity index (χ2n) is 18.4. The smallest absolute Gasteiger partial charge is 0.184 e. The molecule has 4 aliphatic carbocycles. The van der Waals surface area contributed by atoms with Gasteiger partial charge >= 0.3 is 0 Å². The molecule has 14 rings (SSSR count). The predicted molar refractivity (Wildman–Crippen MR) is 255 cm³/mol. The van der Waals surface area contributed by atoms with Gasteiger partial charge in [-0.25, -0.2) is 0 Å². The Hall–Kier alpha value is -6.42. The molecule has 0 saturated heterocycles. The van der Waals surface area contributed by atoms with Crippen LogP contribution in [0, 0.1) is 23.7 Å². The maximum atomic E-state index is 7.12. The molecular weight excluding hydrogens is 755 g/mol. The number of benzene rings is 8. The minimum absolute atomic E-state index is 0.0795. The molecule has 0 amide bonds. The first-order valence-corrected chi connectivity index (χ1v) is 24.4. The third kappa shape index (κ3) is 4.96. The molecule has 0 radical (unpaired) electrons. The Bertz CT molecular complexity index is 2940. The highest BCUT2D eigenvalue weighted by molar-refractivity contribution is 7.20. The van der Waals surface area contributed by atoms with Crippen LogP contribution in [-0.4, -0.2) is 8.07 Å². The fraction of sp³-hybridized carbons (Fsp3) is 0.172. The van der Waals surface area contributed by atoms with Crippen molar-refractivity contribution in [1.82, 2.24) is 0 Å². The lowest BCUT2D eigenvalue weighted by atomic mass is 9.41. The van der Waals surface area contributed by atoms with Gasteiger partial charge in [0.15, 0.2) is 8.07 Å². The van der Waals surface area contributed by atoms with Crippen molar-refractivity contribution in [3.63, 3.8) is 0 Å². The van der Waals surface area contributed by atoms with E-state index in [0.717, 1.165) is 33.8 Å². The van der Waals surface area contributed by atoms with E-state index < -0.39 is 8.07 Å². The Morgan fingerprint density at radius 3 is 1.52 bits per heavy atom. The minimum Gasteiger partial charge on any atom is -0.456 e. The van der Waals surface area contributed by atoms with Crippen LogP contribution in [0.1, 0.15) is 43.2 Å². The summed E-state index contributed by atoms with van der Waals surface area (Å²) >= 11 is 0. The highest BCUT2D eigenvalue weighted by Crippen LogP contribution is 2.69. The summed E-state index contributed by atoms with van der Waals surface area (Å²) in [6, 6.07) is 75.2. The van der Waals surface area contributed by atoms with Crippen molar-refractivity contribution in [2.24, 2.45) is 23.7 Å². The van der Waals surface area contributed by atoms with Crippen molar-refractivity contribution in [2.45, 2.75) is 37.5 Å². The van der Waals surface area contributed by atoms with Gasteiger partial charge < -0.3 is 9.32 Å². The quantitative estimate of drug-likeness (QED) is 0.123. The van der Waals surface area contributed by atoms with Crippen molar-refractivity contribution in [3.8, 4) is 11.1 Å². The first kappa shape index (κ1) is 35.3. The van der Waals surface area contributed by atoms with Crippen molar-refractivity contribution in [3.05, 3.63) is 211 Å². The maximum Gasteiger partial charge on any atom is 0.184 e. The van der Waals surface area contributed by atoms with E-state index in [4.69, 9.17) is 4.42 Å². The molecular formula is C58H47NOSi. The van der Waals surface area contributed by atoms with Crippen LogP contribution in [0.4, 0.5) is 17.1 Å². The number of hydrogen-bond acceptors (Lipinski definition) is 2. The number of nitrogens with zero attached hydrogens (tertiary/aromatic N) is 1. The number of anilines is 3. The molecule has 3 heteroatoms. The van der Waals surface area contributed by atoms with Crippen LogP contribution < -0.4 is 25.6 Å². The van der Waals surface area contributed by atoms with E-state index in [9.17, 15) is 0 Å². The SMILES string of the molecule is c1ccc([Si](c2ccccc2)(c2ccccc2)c2cccc3c2oc2ccc(-c4ccccc4N4c5ccccc5C5(c6ccccc64)C4CC6C[C@H](C4)C[C@H]5C6)cc23)cc1. The summed E-state index contributed by atoms with van der Waals surface area (Å²) in [6.07, 6.45) is 6.95. The Labute approximate surface area is 359 Å². The average Bonchev–Trinajstić information content (AvgIpc) is 3.70.